The topological polar surface area (TPSA) is 189 Å². The fourth-order valence-corrected chi connectivity index (χ4v) is 1.80. The number of carbonyl (C=O) groups is 3. The van der Waals surface area contributed by atoms with Gasteiger partial charge in [-0.3, -0.25) is 25.9 Å². The molecule has 10 heteroatoms. The van der Waals surface area contributed by atoms with E-state index in [0.717, 1.165) is 0 Å². The molecule has 0 saturated carbocycles. The van der Waals surface area contributed by atoms with Gasteiger partial charge in [0.15, 0.2) is 0 Å². The number of H-pyrrole nitrogens is 1. The molecule has 23 heavy (non-hydrogen) atoms. The first kappa shape index (κ1) is 18.6. The van der Waals surface area contributed by atoms with Gasteiger partial charge in [0.2, 0.25) is 0 Å². The van der Waals surface area contributed by atoms with Gasteiger partial charge in [-0.1, -0.05) is 0 Å². The Bertz CT molecular complexity index is 556. The number of aliphatic carboxylic acids is 1. The van der Waals surface area contributed by atoms with Gasteiger partial charge in [-0.05, 0) is 31.4 Å². The van der Waals surface area contributed by atoms with Gasteiger partial charge in [0.05, 0.1) is 0 Å². The highest BCUT2D eigenvalue weighted by Crippen LogP contribution is 2.03. The van der Waals surface area contributed by atoms with Crippen molar-refractivity contribution in [2.24, 2.45) is 17.2 Å². The summed E-state index contributed by atoms with van der Waals surface area (Å²) in [5, 5.41) is 13.6. The van der Waals surface area contributed by atoms with Crippen LogP contribution >= 0.6 is 0 Å². The lowest BCUT2D eigenvalue weighted by Gasteiger charge is -2.07. The van der Waals surface area contributed by atoms with Gasteiger partial charge < -0.3 is 26.5 Å². The number of nitrogens with two attached hydrogens (primary N) is 3. The van der Waals surface area contributed by atoms with Gasteiger partial charge in [0, 0.05) is 6.54 Å². The maximum Gasteiger partial charge on any atom is 0.320 e. The molecule has 128 valence electrons. The maximum atomic E-state index is 11.9. The van der Waals surface area contributed by atoms with E-state index in [-0.39, 0.29) is 17.3 Å². The van der Waals surface area contributed by atoms with Gasteiger partial charge in [0.1, 0.15) is 23.7 Å². The molecule has 0 fully saturated rings. The van der Waals surface area contributed by atoms with Crippen molar-refractivity contribution in [3.8, 4) is 0 Å². The summed E-state index contributed by atoms with van der Waals surface area (Å²) in [6, 6.07) is 2.02. The van der Waals surface area contributed by atoms with Crippen LogP contribution < -0.4 is 27.8 Å². The lowest BCUT2D eigenvalue weighted by Crippen LogP contribution is -2.48. The minimum absolute atomic E-state index is 0.170. The van der Waals surface area contributed by atoms with Crippen LogP contribution in [-0.2, 0) is 4.79 Å². The van der Waals surface area contributed by atoms with Crippen molar-refractivity contribution in [3.05, 3.63) is 23.5 Å². The Labute approximate surface area is 132 Å². The first-order chi connectivity index (χ1) is 10.8. The molecule has 0 saturated heterocycles. The van der Waals surface area contributed by atoms with Crippen molar-refractivity contribution in [2.45, 2.75) is 31.6 Å². The fourth-order valence-electron chi connectivity index (χ4n) is 1.80. The number of carbonyl (C=O) groups excluding carboxylic acids is 2. The molecule has 0 aromatic carbocycles. The standard InChI is InChI=1S/C13H22N6O4/c14-7(12(22)23)3-1-2-6-17-10(20)8-4-5-9(18-8)11(21)19-13(15)16/h4-5,7,13,18H,1-3,6,14-16H2,(H,17,20)(H,19,21)(H,22,23)/t7-/m0/s1. The van der Waals surface area contributed by atoms with E-state index in [2.05, 4.69) is 15.6 Å². The molecule has 2 amide bonds. The summed E-state index contributed by atoms with van der Waals surface area (Å²) in [6.45, 7) is 0.374. The third kappa shape index (κ3) is 6.46. The Morgan fingerprint density at radius 2 is 1.70 bits per heavy atom. The summed E-state index contributed by atoms with van der Waals surface area (Å²) < 4.78 is 0. The second-order valence-electron chi connectivity index (χ2n) is 4.98. The Kier molecular flexibility index (Phi) is 7.19. The summed E-state index contributed by atoms with van der Waals surface area (Å²) >= 11 is 0. The molecule has 0 aliphatic carbocycles. The first-order valence-electron chi connectivity index (χ1n) is 7.09. The van der Waals surface area contributed by atoms with Crippen LogP contribution in [0.4, 0.5) is 0 Å². The van der Waals surface area contributed by atoms with Crippen LogP contribution in [0.15, 0.2) is 12.1 Å². The number of unbranched alkanes of at least 4 members (excludes halogenated alkanes) is 1. The lowest BCUT2D eigenvalue weighted by molar-refractivity contribution is -0.138. The van der Waals surface area contributed by atoms with Crippen LogP contribution in [0.3, 0.4) is 0 Å². The Balaban J connectivity index is 2.34. The molecule has 0 spiro atoms. The molecule has 1 rings (SSSR count). The average Bonchev–Trinajstić information content (AvgIpc) is 2.95. The smallest absolute Gasteiger partial charge is 0.320 e. The minimum Gasteiger partial charge on any atom is -0.480 e. The minimum atomic E-state index is -1.04. The molecular formula is C13H22N6O4. The van der Waals surface area contributed by atoms with Gasteiger partial charge in [0.25, 0.3) is 11.8 Å². The molecule has 0 radical (unpaired) electrons. The SMILES string of the molecule is NC(N)NC(=O)c1ccc(C(=O)NCCCC[C@H](N)C(=O)O)[nH]1. The first-order valence-corrected chi connectivity index (χ1v) is 7.09. The van der Waals surface area contributed by atoms with Crippen molar-refractivity contribution < 1.29 is 19.5 Å². The number of amides is 2. The molecule has 1 aromatic heterocycles. The van der Waals surface area contributed by atoms with E-state index < -0.39 is 24.2 Å². The quantitative estimate of drug-likeness (QED) is 0.207. The second-order valence-corrected chi connectivity index (χ2v) is 4.98. The van der Waals surface area contributed by atoms with Crippen molar-refractivity contribution >= 4 is 17.8 Å². The van der Waals surface area contributed by atoms with E-state index in [1.807, 2.05) is 0 Å². The van der Waals surface area contributed by atoms with Crippen LogP contribution in [0.25, 0.3) is 0 Å². The van der Waals surface area contributed by atoms with Crippen LogP contribution in [-0.4, -0.2) is 46.8 Å². The molecule has 0 aliphatic heterocycles. The van der Waals surface area contributed by atoms with Crippen LogP contribution in [0.5, 0.6) is 0 Å². The van der Waals surface area contributed by atoms with E-state index in [0.29, 0.717) is 25.8 Å². The van der Waals surface area contributed by atoms with Gasteiger partial charge in [-0.15, -0.1) is 0 Å². The third-order valence-corrected chi connectivity index (χ3v) is 3.02. The molecule has 10 nitrogen and oxygen atoms in total. The lowest BCUT2D eigenvalue weighted by atomic mass is 10.1. The van der Waals surface area contributed by atoms with Crippen LogP contribution in [0.1, 0.15) is 40.2 Å². The largest absolute Gasteiger partial charge is 0.480 e. The average molecular weight is 326 g/mol. The van der Waals surface area contributed by atoms with E-state index in [1.54, 1.807) is 0 Å². The Hall–Kier alpha value is -2.43. The molecule has 1 heterocycles. The van der Waals surface area contributed by atoms with E-state index in [4.69, 9.17) is 22.3 Å². The van der Waals surface area contributed by atoms with Crippen molar-refractivity contribution in [1.29, 1.82) is 0 Å². The second kappa shape index (κ2) is 8.88. The third-order valence-electron chi connectivity index (χ3n) is 3.02. The summed E-state index contributed by atoms with van der Waals surface area (Å²) in [5.41, 5.74) is 16.2. The van der Waals surface area contributed by atoms with Gasteiger partial charge in [-0.2, -0.15) is 0 Å². The number of hydrogen-bond donors (Lipinski definition) is 7. The van der Waals surface area contributed by atoms with Crippen LogP contribution in [0, 0.1) is 0 Å². The number of hydrogen-bond acceptors (Lipinski definition) is 6. The van der Waals surface area contributed by atoms with Gasteiger partial charge in [-0.25, -0.2) is 0 Å². The molecule has 0 bridgehead atoms. The summed E-state index contributed by atoms with van der Waals surface area (Å²) in [4.78, 5) is 36.7. The normalized spacial score (nSPS) is 12.0. The zero-order valence-corrected chi connectivity index (χ0v) is 12.5. The molecule has 1 aromatic rings. The summed E-state index contributed by atoms with van der Waals surface area (Å²) in [5.74, 6) is -1.92. The molecule has 0 aliphatic rings. The van der Waals surface area contributed by atoms with Crippen molar-refractivity contribution in [3.63, 3.8) is 0 Å². The highest BCUT2D eigenvalue weighted by atomic mass is 16.4. The van der Waals surface area contributed by atoms with E-state index in [1.165, 1.54) is 12.1 Å². The van der Waals surface area contributed by atoms with E-state index in [9.17, 15) is 14.4 Å². The zero-order valence-electron chi connectivity index (χ0n) is 12.5. The highest BCUT2D eigenvalue weighted by Gasteiger charge is 2.14. The Morgan fingerprint density at radius 1 is 1.09 bits per heavy atom. The maximum absolute atomic E-state index is 11.9. The molecular weight excluding hydrogens is 304 g/mol. The van der Waals surface area contributed by atoms with Crippen molar-refractivity contribution in [1.82, 2.24) is 15.6 Å². The predicted molar refractivity (Wildman–Crippen MR) is 82.2 cm³/mol. The highest BCUT2D eigenvalue weighted by molar-refractivity contribution is 5.97. The van der Waals surface area contributed by atoms with Gasteiger partial charge >= 0.3 is 5.97 Å². The van der Waals surface area contributed by atoms with Crippen LogP contribution in [0.2, 0.25) is 0 Å². The number of rotatable bonds is 9. The number of carboxylic acids is 1. The number of aromatic nitrogens is 1. The van der Waals surface area contributed by atoms with E-state index >= 15 is 0 Å². The predicted octanol–water partition coefficient (Wildman–Crippen LogP) is -1.74. The number of aromatic amines is 1. The summed E-state index contributed by atoms with van der Waals surface area (Å²) in [7, 11) is 0. The zero-order chi connectivity index (χ0) is 17.4. The Morgan fingerprint density at radius 3 is 2.26 bits per heavy atom. The summed E-state index contributed by atoms with van der Waals surface area (Å²) in [6.07, 6.45) is 0.543. The van der Waals surface area contributed by atoms with Crippen molar-refractivity contribution in [2.75, 3.05) is 6.54 Å². The fraction of sp³-hybridized carbons (Fsp3) is 0.462. The molecule has 10 N–H and O–H groups in total. The number of carboxylic acid groups (broad SMARTS) is 1. The monoisotopic (exact) mass is 326 g/mol. The molecule has 1 atom stereocenters. The molecule has 0 unspecified atom stereocenters. The number of nitrogens with one attached hydrogen (secondary N) is 3.